The number of carbonyl (C=O) groups excluding carboxylic acids is 1. The molecule has 0 unspecified atom stereocenters. The second kappa shape index (κ2) is 3.49. The highest BCUT2D eigenvalue weighted by Crippen LogP contribution is 2.26. The van der Waals surface area contributed by atoms with Crippen molar-refractivity contribution < 1.29 is 13.6 Å². The maximum atomic E-state index is 12.8. The van der Waals surface area contributed by atoms with Crippen LogP contribution in [0.2, 0.25) is 5.02 Å². The van der Waals surface area contributed by atoms with Gasteiger partial charge in [0, 0.05) is 4.47 Å². The molecule has 0 aromatic heterocycles. The minimum Gasteiger partial charge on any atom is -0.298 e. The number of rotatable bonds is 1. The molecule has 0 spiro atoms. The van der Waals surface area contributed by atoms with Crippen LogP contribution in [0.5, 0.6) is 0 Å². The molecule has 0 heterocycles. The van der Waals surface area contributed by atoms with E-state index >= 15 is 0 Å². The molecule has 12 heavy (non-hydrogen) atoms. The zero-order valence-electron chi connectivity index (χ0n) is 5.57. The summed E-state index contributed by atoms with van der Waals surface area (Å²) in [5, 5.41) is -0.357. The van der Waals surface area contributed by atoms with Crippen molar-refractivity contribution in [3.05, 3.63) is 32.8 Å². The molecule has 0 saturated heterocycles. The highest BCUT2D eigenvalue weighted by atomic mass is 79.9. The van der Waals surface area contributed by atoms with Gasteiger partial charge in [0.25, 0.3) is 0 Å². The first-order valence-electron chi connectivity index (χ1n) is 2.86. The molecular formula is C7H2BrClF2O. The summed E-state index contributed by atoms with van der Waals surface area (Å²) in [7, 11) is 0. The smallest absolute Gasteiger partial charge is 0.178 e. The monoisotopic (exact) mass is 254 g/mol. The SMILES string of the molecule is O=Cc1c(Br)cc(Cl)c(F)c1F. The van der Waals surface area contributed by atoms with Crippen LogP contribution in [0, 0.1) is 11.6 Å². The van der Waals surface area contributed by atoms with Gasteiger partial charge >= 0.3 is 0 Å². The molecule has 0 N–H and O–H groups in total. The lowest BCUT2D eigenvalue weighted by Gasteiger charge is -2.01. The lowest BCUT2D eigenvalue weighted by Crippen LogP contribution is -1.95. The Balaban J connectivity index is 3.51. The Kier molecular flexibility index (Phi) is 2.80. The summed E-state index contributed by atoms with van der Waals surface area (Å²) in [6, 6.07) is 1.13. The molecule has 5 heteroatoms. The van der Waals surface area contributed by atoms with Gasteiger partial charge in [0.15, 0.2) is 17.9 Å². The quantitative estimate of drug-likeness (QED) is 0.428. The van der Waals surface area contributed by atoms with E-state index < -0.39 is 11.6 Å². The predicted molar refractivity (Wildman–Crippen MR) is 44.5 cm³/mol. The van der Waals surface area contributed by atoms with E-state index in [9.17, 15) is 13.6 Å². The number of hydrogen-bond donors (Lipinski definition) is 0. The number of carbonyl (C=O) groups is 1. The average molecular weight is 255 g/mol. The van der Waals surface area contributed by atoms with Gasteiger partial charge < -0.3 is 0 Å². The van der Waals surface area contributed by atoms with Crippen LogP contribution in [-0.2, 0) is 0 Å². The number of aldehydes is 1. The average Bonchev–Trinajstić information content (AvgIpc) is 2.01. The molecule has 0 amide bonds. The van der Waals surface area contributed by atoms with Gasteiger partial charge in [-0.3, -0.25) is 4.79 Å². The van der Waals surface area contributed by atoms with E-state index in [0.29, 0.717) is 0 Å². The van der Waals surface area contributed by atoms with Gasteiger partial charge in [-0.1, -0.05) is 11.6 Å². The number of halogens is 4. The van der Waals surface area contributed by atoms with Crippen LogP contribution in [0.1, 0.15) is 10.4 Å². The van der Waals surface area contributed by atoms with Crippen molar-refractivity contribution >= 4 is 33.8 Å². The second-order valence-electron chi connectivity index (χ2n) is 2.00. The molecule has 64 valence electrons. The van der Waals surface area contributed by atoms with Crippen LogP contribution in [0.15, 0.2) is 10.5 Å². The first-order valence-corrected chi connectivity index (χ1v) is 4.03. The third-order valence-electron chi connectivity index (χ3n) is 1.27. The van der Waals surface area contributed by atoms with E-state index in [4.69, 9.17) is 11.6 Å². The Labute approximate surface area is 80.5 Å². The Morgan fingerprint density at radius 1 is 1.42 bits per heavy atom. The van der Waals surface area contributed by atoms with Crippen molar-refractivity contribution in [1.82, 2.24) is 0 Å². The highest BCUT2D eigenvalue weighted by molar-refractivity contribution is 9.10. The van der Waals surface area contributed by atoms with Crippen LogP contribution >= 0.6 is 27.5 Å². The molecule has 0 bridgehead atoms. The summed E-state index contributed by atoms with van der Waals surface area (Å²) < 4.78 is 25.6. The van der Waals surface area contributed by atoms with Gasteiger partial charge in [-0.2, -0.15) is 0 Å². The normalized spacial score (nSPS) is 10.0. The molecule has 0 radical (unpaired) electrons. The second-order valence-corrected chi connectivity index (χ2v) is 3.26. The Hall–Kier alpha value is -0.480. The van der Waals surface area contributed by atoms with Crippen molar-refractivity contribution in [2.75, 3.05) is 0 Å². The van der Waals surface area contributed by atoms with E-state index in [0.717, 1.165) is 6.07 Å². The maximum Gasteiger partial charge on any atom is 0.178 e. The molecule has 0 fully saturated rings. The molecule has 0 aliphatic carbocycles. The van der Waals surface area contributed by atoms with Crippen molar-refractivity contribution in [2.45, 2.75) is 0 Å². The minimum absolute atomic E-state index is 0.140. The van der Waals surface area contributed by atoms with E-state index in [1.807, 2.05) is 0 Å². The Bertz CT molecular complexity index is 341. The van der Waals surface area contributed by atoms with E-state index in [2.05, 4.69) is 15.9 Å². The fraction of sp³-hybridized carbons (Fsp3) is 0. The largest absolute Gasteiger partial charge is 0.298 e. The van der Waals surface area contributed by atoms with Crippen LogP contribution in [0.4, 0.5) is 8.78 Å². The van der Waals surface area contributed by atoms with Crippen LogP contribution in [0.3, 0.4) is 0 Å². The molecule has 0 aliphatic rings. The lowest BCUT2D eigenvalue weighted by atomic mass is 10.2. The first-order chi connectivity index (χ1) is 5.57. The van der Waals surface area contributed by atoms with E-state index in [1.165, 1.54) is 0 Å². The van der Waals surface area contributed by atoms with Crippen molar-refractivity contribution in [3.63, 3.8) is 0 Å². The summed E-state index contributed by atoms with van der Waals surface area (Å²) in [5.74, 6) is -2.44. The third kappa shape index (κ3) is 1.49. The van der Waals surface area contributed by atoms with Gasteiger partial charge in [-0.25, -0.2) is 8.78 Å². The summed E-state index contributed by atoms with van der Waals surface area (Å²) in [5.41, 5.74) is -0.364. The fourth-order valence-corrected chi connectivity index (χ4v) is 1.51. The zero-order chi connectivity index (χ0) is 9.30. The van der Waals surface area contributed by atoms with Gasteiger partial charge in [0.2, 0.25) is 0 Å². The fourth-order valence-electron chi connectivity index (χ4n) is 0.688. The molecule has 1 rings (SSSR count). The van der Waals surface area contributed by atoms with Gasteiger partial charge in [0.1, 0.15) is 0 Å². The summed E-state index contributed by atoms with van der Waals surface area (Å²) >= 11 is 8.16. The van der Waals surface area contributed by atoms with Gasteiger partial charge in [-0.15, -0.1) is 0 Å². The predicted octanol–water partition coefficient (Wildman–Crippen LogP) is 3.19. The lowest BCUT2D eigenvalue weighted by molar-refractivity contribution is 0.111. The third-order valence-corrected chi connectivity index (χ3v) is 2.20. The molecule has 0 saturated carbocycles. The van der Waals surface area contributed by atoms with Crippen molar-refractivity contribution in [3.8, 4) is 0 Å². The summed E-state index contributed by atoms with van der Waals surface area (Å²) in [4.78, 5) is 10.2. The highest BCUT2D eigenvalue weighted by Gasteiger charge is 2.15. The summed E-state index contributed by atoms with van der Waals surface area (Å²) in [6.45, 7) is 0. The Morgan fingerprint density at radius 3 is 2.50 bits per heavy atom. The molecule has 0 atom stereocenters. The molecule has 0 aliphatic heterocycles. The minimum atomic E-state index is -1.23. The maximum absolute atomic E-state index is 12.8. The Morgan fingerprint density at radius 2 is 2.00 bits per heavy atom. The molecule has 1 nitrogen and oxygen atoms in total. The first kappa shape index (κ1) is 9.61. The number of benzene rings is 1. The topological polar surface area (TPSA) is 17.1 Å². The zero-order valence-corrected chi connectivity index (χ0v) is 7.92. The van der Waals surface area contributed by atoms with Gasteiger partial charge in [0.05, 0.1) is 10.6 Å². The van der Waals surface area contributed by atoms with Gasteiger partial charge in [-0.05, 0) is 22.0 Å². The standard InChI is InChI=1S/C7H2BrClF2O/c8-4-1-5(9)7(11)6(10)3(4)2-12/h1-2H. The van der Waals surface area contributed by atoms with E-state index in [-0.39, 0.29) is 21.3 Å². The summed E-state index contributed by atoms with van der Waals surface area (Å²) in [6.07, 6.45) is 0.221. The van der Waals surface area contributed by atoms with Crippen LogP contribution in [-0.4, -0.2) is 6.29 Å². The van der Waals surface area contributed by atoms with Crippen molar-refractivity contribution in [1.29, 1.82) is 0 Å². The number of hydrogen-bond acceptors (Lipinski definition) is 1. The van der Waals surface area contributed by atoms with E-state index in [1.54, 1.807) is 0 Å². The molecule has 1 aromatic rings. The van der Waals surface area contributed by atoms with Crippen LogP contribution < -0.4 is 0 Å². The van der Waals surface area contributed by atoms with Crippen LogP contribution in [0.25, 0.3) is 0 Å². The molecule has 1 aromatic carbocycles. The van der Waals surface area contributed by atoms with Crippen molar-refractivity contribution in [2.24, 2.45) is 0 Å². The molecular weight excluding hydrogens is 253 g/mol.